The monoisotopic (exact) mass is 226 g/mol. The SMILES string of the molecule is CCc1ocnc1C(=O)NC(C)CC(=O)O. The number of carboxylic acids is 1. The molecular weight excluding hydrogens is 212 g/mol. The molecule has 88 valence electrons. The molecule has 1 rings (SSSR count). The number of hydrogen-bond acceptors (Lipinski definition) is 4. The summed E-state index contributed by atoms with van der Waals surface area (Å²) in [5.74, 6) is -0.858. The Morgan fingerprint density at radius 1 is 1.62 bits per heavy atom. The molecule has 0 fully saturated rings. The molecule has 1 aromatic heterocycles. The smallest absolute Gasteiger partial charge is 0.305 e. The lowest BCUT2D eigenvalue weighted by Crippen LogP contribution is -2.34. The lowest BCUT2D eigenvalue weighted by molar-refractivity contribution is -0.137. The highest BCUT2D eigenvalue weighted by Crippen LogP contribution is 2.07. The van der Waals surface area contributed by atoms with E-state index in [9.17, 15) is 9.59 Å². The van der Waals surface area contributed by atoms with Crippen LogP contribution in [0.1, 0.15) is 36.5 Å². The number of aromatic nitrogens is 1. The van der Waals surface area contributed by atoms with E-state index in [-0.39, 0.29) is 12.1 Å². The lowest BCUT2D eigenvalue weighted by Gasteiger charge is -2.10. The molecule has 1 amide bonds. The van der Waals surface area contributed by atoms with E-state index in [4.69, 9.17) is 9.52 Å². The summed E-state index contributed by atoms with van der Waals surface area (Å²) in [5, 5.41) is 11.1. The van der Waals surface area contributed by atoms with Gasteiger partial charge in [-0.25, -0.2) is 4.98 Å². The highest BCUT2D eigenvalue weighted by molar-refractivity contribution is 5.93. The molecule has 0 aromatic carbocycles. The average molecular weight is 226 g/mol. The van der Waals surface area contributed by atoms with E-state index in [1.54, 1.807) is 6.92 Å². The number of rotatable bonds is 5. The molecule has 0 saturated heterocycles. The minimum atomic E-state index is -0.955. The van der Waals surface area contributed by atoms with Gasteiger partial charge in [0.05, 0.1) is 6.42 Å². The summed E-state index contributed by atoms with van der Waals surface area (Å²) in [6.07, 6.45) is 1.65. The Morgan fingerprint density at radius 3 is 2.88 bits per heavy atom. The fourth-order valence-corrected chi connectivity index (χ4v) is 1.31. The first kappa shape index (κ1) is 12.2. The Hall–Kier alpha value is -1.85. The molecule has 0 spiro atoms. The summed E-state index contributed by atoms with van der Waals surface area (Å²) >= 11 is 0. The molecule has 0 aliphatic heterocycles. The third kappa shape index (κ3) is 3.08. The van der Waals surface area contributed by atoms with Crippen LogP contribution >= 0.6 is 0 Å². The molecule has 0 radical (unpaired) electrons. The van der Waals surface area contributed by atoms with Gasteiger partial charge in [-0.05, 0) is 6.92 Å². The first-order valence-electron chi connectivity index (χ1n) is 4.99. The second kappa shape index (κ2) is 5.29. The molecule has 1 atom stereocenters. The Bertz CT molecular complexity index is 386. The van der Waals surface area contributed by atoms with Crippen LogP contribution in [-0.4, -0.2) is 28.0 Å². The van der Waals surface area contributed by atoms with Crippen LogP contribution in [0.5, 0.6) is 0 Å². The van der Waals surface area contributed by atoms with Crippen LogP contribution in [0.4, 0.5) is 0 Å². The number of carbonyl (C=O) groups is 2. The van der Waals surface area contributed by atoms with Crippen molar-refractivity contribution in [3.05, 3.63) is 17.8 Å². The topological polar surface area (TPSA) is 92.4 Å². The first-order valence-corrected chi connectivity index (χ1v) is 4.99. The van der Waals surface area contributed by atoms with Gasteiger partial charge in [0.25, 0.3) is 5.91 Å². The first-order chi connectivity index (χ1) is 7.54. The maximum Gasteiger partial charge on any atom is 0.305 e. The van der Waals surface area contributed by atoms with Crippen molar-refractivity contribution in [2.75, 3.05) is 0 Å². The summed E-state index contributed by atoms with van der Waals surface area (Å²) in [5.41, 5.74) is 0.222. The van der Waals surface area contributed by atoms with Crippen molar-refractivity contribution in [3.63, 3.8) is 0 Å². The Kier molecular flexibility index (Phi) is 4.04. The minimum absolute atomic E-state index is 0.120. The Morgan fingerprint density at radius 2 is 2.31 bits per heavy atom. The van der Waals surface area contributed by atoms with E-state index in [0.29, 0.717) is 12.2 Å². The zero-order chi connectivity index (χ0) is 12.1. The number of carbonyl (C=O) groups excluding carboxylic acids is 1. The summed E-state index contributed by atoms with van der Waals surface area (Å²) < 4.78 is 5.01. The summed E-state index contributed by atoms with van der Waals surface area (Å²) in [4.78, 5) is 25.9. The molecule has 1 unspecified atom stereocenters. The summed E-state index contributed by atoms with van der Waals surface area (Å²) in [6.45, 7) is 3.47. The number of carboxylic acid groups (broad SMARTS) is 1. The van der Waals surface area contributed by atoms with Crippen molar-refractivity contribution in [3.8, 4) is 0 Å². The Labute approximate surface area is 92.7 Å². The van der Waals surface area contributed by atoms with E-state index < -0.39 is 17.9 Å². The quantitative estimate of drug-likeness (QED) is 0.775. The molecule has 1 aromatic rings. The number of hydrogen-bond donors (Lipinski definition) is 2. The average Bonchev–Trinajstić information content (AvgIpc) is 2.63. The molecule has 0 aliphatic carbocycles. The second-order valence-corrected chi connectivity index (χ2v) is 3.45. The lowest BCUT2D eigenvalue weighted by atomic mass is 10.2. The van der Waals surface area contributed by atoms with Gasteiger partial charge in [0.2, 0.25) is 0 Å². The molecule has 1 heterocycles. The number of nitrogens with one attached hydrogen (secondary N) is 1. The van der Waals surface area contributed by atoms with Crippen LogP contribution in [0, 0.1) is 0 Å². The van der Waals surface area contributed by atoms with Crippen molar-refractivity contribution in [1.29, 1.82) is 0 Å². The highest BCUT2D eigenvalue weighted by atomic mass is 16.4. The molecule has 0 bridgehead atoms. The third-order valence-corrected chi connectivity index (χ3v) is 2.04. The number of nitrogens with zero attached hydrogens (tertiary/aromatic N) is 1. The van der Waals surface area contributed by atoms with Crippen molar-refractivity contribution >= 4 is 11.9 Å². The van der Waals surface area contributed by atoms with Crippen LogP contribution in [0.25, 0.3) is 0 Å². The molecule has 0 aliphatic rings. The number of oxazole rings is 1. The standard InChI is InChI=1S/C10H14N2O4/c1-3-7-9(11-5-16-7)10(15)12-6(2)4-8(13)14/h5-6H,3-4H2,1-2H3,(H,12,15)(H,13,14). The van der Waals surface area contributed by atoms with Gasteiger partial charge in [-0.15, -0.1) is 0 Å². The zero-order valence-corrected chi connectivity index (χ0v) is 9.19. The van der Waals surface area contributed by atoms with Crippen LogP contribution in [0.3, 0.4) is 0 Å². The predicted molar refractivity (Wildman–Crippen MR) is 55.1 cm³/mol. The van der Waals surface area contributed by atoms with E-state index in [0.717, 1.165) is 0 Å². The normalized spacial score (nSPS) is 12.1. The maximum atomic E-state index is 11.7. The summed E-state index contributed by atoms with van der Waals surface area (Å²) in [7, 11) is 0. The van der Waals surface area contributed by atoms with Crippen molar-refractivity contribution in [2.45, 2.75) is 32.7 Å². The maximum absolute atomic E-state index is 11.7. The summed E-state index contributed by atoms with van der Waals surface area (Å²) in [6, 6.07) is -0.439. The number of amides is 1. The Balaban J connectivity index is 2.62. The highest BCUT2D eigenvalue weighted by Gasteiger charge is 2.18. The van der Waals surface area contributed by atoms with Crippen molar-refractivity contribution in [2.24, 2.45) is 0 Å². The fraction of sp³-hybridized carbons (Fsp3) is 0.500. The van der Waals surface area contributed by atoms with Gasteiger partial charge in [-0.1, -0.05) is 6.92 Å². The van der Waals surface area contributed by atoms with Crippen LogP contribution < -0.4 is 5.32 Å². The van der Waals surface area contributed by atoms with E-state index in [1.165, 1.54) is 6.39 Å². The van der Waals surface area contributed by atoms with Crippen LogP contribution in [0.2, 0.25) is 0 Å². The van der Waals surface area contributed by atoms with Crippen LogP contribution in [0.15, 0.2) is 10.8 Å². The van der Waals surface area contributed by atoms with E-state index in [1.807, 2.05) is 6.92 Å². The van der Waals surface area contributed by atoms with E-state index >= 15 is 0 Å². The third-order valence-electron chi connectivity index (χ3n) is 2.04. The van der Waals surface area contributed by atoms with Gasteiger partial charge in [0.1, 0.15) is 5.76 Å². The molecule has 6 nitrogen and oxygen atoms in total. The minimum Gasteiger partial charge on any atom is -0.481 e. The number of aryl methyl sites for hydroxylation is 1. The van der Waals surface area contributed by atoms with Gasteiger partial charge in [-0.3, -0.25) is 9.59 Å². The van der Waals surface area contributed by atoms with Gasteiger partial charge in [0, 0.05) is 12.5 Å². The molecule has 16 heavy (non-hydrogen) atoms. The zero-order valence-electron chi connectivity index (χ0n) is 9.19. The number of aliphatic carboxylic acids is 1. The largest absolute Gasteiger partial charge is 0.481 e. The van der Waals surface area contributed by atoms with Gasteiger partial charge < -0.3 is 14.8 Å². The predicted octanol–water partition coefficient (Wildman–Crippen LogP) is 0.830. The van der Waals surface area contributed by atoms with Crippen LogP contribution in [-0.2, 0) is 11.2 Å². The van der Waals surface area contributed by atoms with E-state index in [2.05, 4.69) is 10.3 Å². The molecule has 0 saturated carbocycles. The molecule has 2 N–H and O–H groups in total. The molecule has 6 heteroatoms. The second-order valence-electron chi connectivity index (χ2n) is 3.45. The van der Waals surface area contributed by atoms with Crippen molar-refractivity contribution < 1.29 is 19.1 Å². The van der Waals surface area contributed by atoms with Crippen molar-refractivity contribution in [1.82, 2.24) is 10.3 Å². The van der Waals surface area contributed by atoms with Gasteiger partial charge >= 0.3 is 5.97 Å². The van der Waals surface area contributed by atoms with Gasteiger partial charge in [-0.2, -0.15) is 0 Å². The van der Waals surface area contributed by atoms with Gasteiger partial charge in [0.15, 0.2) is 12.1 Å². The fourth-order valence-electron chi connectivity index (χ4n) is 1.31. The molecular formula is C10H14N2O4.